The Labute approximate surface area is 86.5 Å². The molecule has 0 radical (unpaired) electrons. The van der Waals surface area contributed by atoms with Crippen LogP contribution in [0.1, 0.15) is 16.1 Å². The first-order valence-electron chi connectivity index (χ1n) is 3.50. The van der Waals surface area contributed by atoms with Crippen LogP contribution >= 0.6 is 11.6 Å². The predicted molar refractivity (Wildman–Crippen MR) is 45.6 cm³/mol. The molecule has 0 aliphatic heterocycles. The topological polar surface area (TPSA) is 76.2 Å². The van der Waals surface area contributed by atoms with Gasteiger partial charge >= 0.3 is 12.1 Å². The van der Waals surface area contributed by atoms with Crippen LogP contribution in [0.4, 0.5) is 18.9 Å². The van der Waals surface area contributed by atoms with Crippen molar-refractivity contribution in [3.63, 3.8) is 0 Å². The SMILES string of the molecule is Nc1cc(C(F)(F)F)c(C(=O)O)nc1Cl. The highest BCUT2D eigenvalue weighted by Crippen LogP contribution is 2.34. The van der Waals surface area contributed by atoms with E-state index in [0.29, 0.717) is 6.07 Å². The molecule has 0 amide bonds. The number of carbonyl (C=O) groups is 1. The van der Waals surface area contributed by atoms with Crippen LogP contribution in [0.2, 0.25) is 5.15 Å². The molecule has 3 N–H and O–H groups in total. The van der Waals surface area contributed by atoms with E-state index in [1.54, 1.807) is 0 Å². The van der Waals surface area contributed by atoms with Gasteiger partial charge in [-0.25, -0.2) is 9.78 Å². The van der Waals surface area contributed by atoms with E-state index in [1.807, 2.05) is 0 Å². The Morgan fingerprint density at radius 1 is 1.53 bits per heavy atom. The lowest BCUT2D eigenvalue weighted by atomic mass is 10.1. The van der Waals surface area contributed by atoms with Crippen molar-refractivity contribution in [3.05, 3.63) is 22.5 Å². The van der Waals surface area contributed by atoms with E-state index in [2.05, 4.69) is 4.98 Å². The van der Waals surface area contributed by atoms with Crippen LogP contribution in [-0.4, -0.2) is 16.1 Å². The number of nitrogens with zero attached hydrogens (tertiary/aromatic N) is 1. The molecular formula is C7H4ClF3N2O2. The molecule has 0 aliphatic rings. The quantitative estimate of drug-likeness (QED) is 0.737. The van der Waals surface area contributed by atoms with Gasteiger partial charge in [-0.3, -0.25) is 0 Å². The van der Waals surface area contributed by atoms with E-state index >= 15 is 0 Å². The van der Waals surface area contributed by atoms with Gasteiger partial charge in [-0.2, -0.15) is 13.2 Å². The molecule has 0 unspecified atom stereocenters. The lowest BCUT2D eigenvalue weighted by Gasteiger charge is -2.10. The number of carboxylic acid groups (broad SMARTS) is 1. The summed E-state index contributed by atoms with van der Waals surface area (Å²) in [5, 5.41) is 8.01. The molecule has 82 valence electrons. The predicted octanol–water partition coefficient (Wildman–Crippen LogP) is 2.03. The number of halogens is 4. The number of nitrogen functional groups attached to an aromatic ring is 1. The minimum Gasteiger partial charge on any atom is -0.476 e. The third-order valence-corrected chi connectivity index (χ3v) is 1.81. The minimum absolute atomic E-state index is 0.422. The summed E-state index contributed by atoms with van der Waals surface area (Å²) in [6, 6.07) is 0.443. The van der Waals surface area contributed by atoms with Crippen molar-refractivity contribution in [2.45, 2.75) is 6.18 Å². The fourth-order valence-electron chi connectivity index (χ4n) is 0.885. The summed E-state index contributed by atoms with van der Waals surface area (Å²) in [6.07, 6.45) is -4.83. The summed E-state index contributed by atoms with van der Waals surface area (Å²) < 4.78 is 37.0. The molecule has 0 aliphatic carbocycles. The van der Waals surface area contributed by atoms with Crippen LogP contribution in [0.3, 0.4) is 0 Å². The van der Waals surface area contributed by atoms with Gasteiger partial charge in [0, 0.05) is 0 Å². The van der Waals surface area contributed by atoms with Crippen molar-refractivity contribution >= 4 is 23.3 Å². The van der Waals surface area contributed by atoms with Crippen molar-refractivity contribution in [1.29, 1.82) is 0 Å². The van der Waals surface area contributed by atoms with Crippen molar-refractivity contribution in [2.24, 2.45) is 0 Å². The zero-order valence-corrected chi connectivity index (χ0v) is 7.73. The number of alkyl halides is 3. The number of aromatic nitrogens is 1. The molecule has 15 heavy (non-hydrogen) atoms. The normalized spacial score (nSPS) is 11.5. The van der Waals surface area contributed by atoms with Gasteiger partial charge in [0.2, 0.25) is 0 Å². The lowest BCUT2D eigenvalue weighted by molar-refractivity contribution is -0.138. The minimum atomic E-state index is -4.83. The molecule has 0 saturated heterocycles. The number of nitrogens with two attached hydrogens (primary N) is 1. The first kappa shape index (κ1) is 11.6. The average molecular weight is 241 g/mol. The Morgan fingerprint density at radius 3 is 2.47 bits per heavy atom. The van der Waals surface area contributed by atoms with Crippen molar-refractivity contribution in [3.8, 4) is 0 Å². The third kappa shape index (κ3) is 2.30. The molecule has 0 saturated carbocycles. The summed E-state index contributed by atoms with van der Waals surface area (Å²) in [6.45, 7) is 0. The first-order chi connectivity index (χ1) is 6.73. The van der Waals surface area contributed by atoms with Gasteiger partial charge in [-0.1, -0.05) is 11.6 Å². The van der Waals surface area contributed by atoms with Gasteiger partial charge in [0.1, 0.15) is 0 Å². The summed E-state index contributed by atoms with van der Waals surface area (Å²) >= 11 is 5.31. The standard InChI is InChI=1S/C7H4ClF3N2O2/c8-5-3(12)1-2(7(9,10)11)4(13-5)6(14)15/h1H,12H2,(H,14,15). The van der Waals surface area contributed by atoms with E-state index in [1.165, 1.54) is 0 Å². The Bertz CT molecular complexity index is 419. The van der Waals surface area contributed by atoms with Crippen LogP contribution in [0, 0.1) is 0 Å². The van der Waals surface area contributed by atoms with E-state index < -0.39 is 34.2 Å². The second-order valence-corrected chi connectivity index (χ2v) is 2.93. The average Bonchev–Trinajstić information content (AvgIpc) is 2.06. The van der Waals surface area contributed by atoms with Gasteiger partial charge in [0.05, 0.1) is 11.3 Å². The molecule has 4 nitrogen and oxygen atoms in total. The first-order valence-corrected chi connectivity index (χ1v) is 3.87. The zero-order valence-electron chi connectivity index (χ0n) is 6.97. The molecule has 0 atom stereocenters. The Kier molecular flexibility index (Phi) is 2.76. The molecule has 0 spiro atoms. The maximum absolute atomic E-state index is 12.3. The molecule has 1 aromatic rings. The molecular weight excluding hydrogens is 237 g/mol. The van der Waals surface area contributed by atoms with Crippen molar-refractivity contribution < 1.29 is 23.1 Å². The summed E-state index contributed by atoms with van der Waals surface area (Å²) in [5.74, 6) is -1.82. The van der Waals surface area contributed by atoms with Crippen molar-refractivity contribution in [1.82, 2.24) is 4.98 Å². The van der Waals surface area contributed by atoms with Gasteiger partial charge in [0.25, 0.3) is 0 Å². The molecule has 1 rings (SSSR count). The maximum atomic E-state index is 12.3. The molecule has 0 aromatic carbocycles. The second kappa shape index (κ2) is 3.58. The van der Waals surface area contributed by atoms with Crippen LogP contribution < -0.4 is 5.73 Å². The summed E-state index contributed by atoms with van der Waals surface area (Å²) in [4.78, 5) is 13.5. The van der Waals surface area contributed by atoms with Crippen LogP contribution in [-0.2, 0) is 6.18 Å². The Balaban J connectivity index is 3.49. The fourth-order valence-corrected chi connectivity index (χ4v) is 1.02. The highest BCUT2D eigenvalue weighted by atomic mass is 35.5. The molecule has 1 aromatic heterocycles. The molecule has 1 heterocycles. The maximum Gasteiger partial charge on any atom is 0.418 e. The van der Waals surface area contributed by atoms with Gasteiger partial charge < -0.3 is 10.8 Å². The van der Waals surface area contributed by atoms with Gasteiger partial charge in [-0.15, -0.1) is 0 Å². The number of anilines is 1. The number of aromatic carboxylic acids is 1. The Hall–Kier alpha value is -1.50. The highest BCUT2D eigenvalue weighted by molar-refractivity contribution is 6.32. The smallest absolute Gasteiger partial charge is 0.418 e. The zero-order chi connectivity index (χ0) is 11.8. The lowest BCUT2D eigenvalue weighted by Crippen LogP contribution is -2.15. The van der Waals surface area contributed by atoms with Crippen LogP contribution in [0.25, 0.3) is 0 Å². The fraction of sp³-hybridized carbons (Fsp3) is 0.143. The van der Waals surface area contributed by atoms with E-state index in [9.17, 15) is 18.0 Å². The van der Waals surface area contributed by atoms with Gasteiger partial charge in [0.15, 0.2) is 10.8 Å². The molecule has 0 bridgehead atoms. The number of rotatable bonds is 1. The largest absolute Gasteiger partial charge is 0.476 e. The highest BCUT2D eigenvalue weighted by Gasteiger charge is 2.37. The van der Waals surface area contributed by atoms with Crippen molar-refractivity contribution in [2.75, 3.05) is 5.73 Å². The molecule has 8 heteroatoms. The molecule has 0 fully saturated rings. The van der Waals surface area contributed by atoms with E-state index in [0.717, 1.165) is 0 Å². The summed E-state index contributed by atoms with van der Waals surface area (Å²) in [7, 11) is 0. The summed E-state index contributed by atoms with van der Waals surface area (Å²) in [5.41, 5.74) is 2.09. The second-order valence-electron chi connectivity index (χ2n) is 2.57. The Morgan fingerprint density at radius 2 is 2.07 bits per heavy atom. The monoisotopic (exact) mass is 240 g/mol. The number of hydrogen-bond acceptors (Lipinski definition) is 3. The van der Waals surface area contributed by atoms with E-state index in [-0.39, 0.29) is 0 Å². The van der Waals surface area contributed by atoms with Crippen LogP contribution in [0.15, 0.2) is 6.07 Å². The number of hydrogen-bond donors (Lipinski definition) is 2. The third-order valence-electron chi connectivity index (χ3n) is 1.51. The van der Waals surface area contributed by atoms with Crippen LogP contribution in [0.5, 0.6) is 0 Å². The van der Waals surface area contributed by atoms with Gasteiger partial charge in [-0.05, 0) is 6.07 Å². The van der Waals surface area contributed by atoms with E-state index in [4.69, 9.17) is 22.4 Å². The number of pyridine rings is 1. The number of carboxylic acids is 1.